The van der Waals surface area contributed by atoms with E-state index in [1.165, 1.54) is 12.1 Å². The van der Waals surface area contributed by atoms with E-state index in [-0.39, 0.29) is 11.4 Å². The number of rotatable bonds is 5. The maximum atomic E-state index is 13.4. The first-order valence-electron chi connectivity index (χ1n) is 11.2. The van der Waals surface area contributed by atoms with Crippen LogP contribution in [0.5, 0.6) is 0 Å². The van der Waals surface area contributed by atoms with Crippen molar-refractivity contribution in [3.8, 4) is 11.8 Å². The van der Waals surface area contributed by atoms with Gasteiger partial charge in [-0.3, -0.25) is 9.36 Å². The van der Waals surface area contributed by atoms with E-state index in [1.807, 2.05) is 23.7 Å². The minimum Gasteiger partial charge on any atom is -0.318 e. The van der Waals surface area contributed by atoms with Crippen LogP contribution in [0.25, 0.3) is 10.9 Å². The lowest BCUT2D eigenvalue weighted by Gasteiger charge is -2.22. The van der Waals surface area contributed by atoms with E-state index in [2.05, 4.69) is 29.1 Å². The molecule has 0 spiro atoms. The van der Waals surface area contributed by atoms with Crippen LogP contribution < -0.4 is 10.9 Å². The van der Waals surface area contributed by atoms with Crippen LogP contribution >= 0.6 is 0 Å². The van der Waals surface area contributed by atoms with Crippen LogP contribution in [0.15, 0.2) is 47.3 Å². The summed E-state index contributed by atoms with van der Waals surface area (Å²) in [7, 11) is 4.12. The first-order valence-corrected chi connectivity index (χ1v) is 11.2. The molecule has 6 heteroatoms. The summed E-state index contributed by atoms with van der Waals surface area (Å²) in [5.74, 6) is 7.15. The zero-order valence-corrected chi connectivity index (χ0v) is 18.7. The van der Waals surface area contributed by atoms with E-state index >= 15 is 0 Å². The molecule has 0 saturated heterocycles. The van der Waals surface area contributed by atoms with Crippen LogP contribution in [0.3, 0.4) is 0 Å². The molecule has 5 nitrogen and oxygen atoms in total. The minimum absolute atomic E-state index is 0.0267. The number of aromatic nitrogens is 2. The number of hydrogen-bond acceptors (Lipinski definition) is 4. The van der Waals surface area contributed by atoms with Crippen molar-refractivity contribution in [2.75, 3.05) is 33.7 Å². The van der Waals surface area contributed by atoms with Crippen LogP contribution in [0, 0.1) is 23.6 Å². The molecule has 0 radical (unpaired) electrons. The number of nitrogens with one attached hydrogen (secondary N) is 1. The van der Waals surface area contributed by atoms with E-state index in [4.69, 9.17) is 4.98 Å². The van der Waals surface area contributed by atoms with E-state index < -0.39 is 0 Å². The molecule has 4 rings (SSSR count). The fourth-order valence-electron chi connectivity index (χ4n) is 4.28. The lowest BCUT2D eigenvalue weighted by molar-refractivity contribution is 0.259. The number of likely N-dealkylation sites (N-methyl/N-ethyl adjacent to an activating group) is 2. The van der Waals surface area contributed by atoms with Gasteiger partial charge in [0.05, 0.1) is 10.9 Å². The third-order valence-corrected chi connectivity index (χ3v) is 6.06. The van der Waals surface area contributed by atoms with Crippen molar-refractivity contribution in [1.82, 2.24) is 19.8 Å². The Hall–Kier alpha value is -3.01. The topological polar surface area (TPSA) is 50.2 Å². The van der Waals surface area contributed by atoms with Gasteiger partial charge in [0, 0.05) is 43.7 Å². The van der Waals surface area contributed by atoms with E-state index in [9.17, 15) is 9.18 Å². The molecule has 0 aliphatic carbocycles. The second-order valence-corrected chi connectivity index (χ2v) is 8.54. The highest BCUT2D eigenvalue weighted by Gasteiger charge is 2.20. The molecule has 1 aliphatic heterocycles. The highest BCUT2D eigenvalue weighted by molar-refractivity contribution is 5.79. The Kier molecular flexibility index (Phi) is 6.99. The SMILES string of the molecule is CNCCN(C)CC1CCc2nc3cc(C#Cc4cccc(F)c4)ccc3c(=O)n2CC1. The summed E-state index contributed by atoms with van der Waals surface area (Å²) in [6.45, 7) is 3.73. The second kappa shape index (κ2) is 10.1. The predicted molar refractivity (Wildman–Crippen MR) is 126 cm³/mol. The number of benzene rings is 2. The minimum atomic E-state index is -0.306. The Morgan fingerprint density at radius 2 is 2.00 bits per heavy atom. The maximum absolute atomic E-state index is 13.4. The molecule has 1 aromatic heterocycles. The van der Waals surface area contributed by atoms with Crippen molar-refractivity contribution >= 4 is 10.9 Å². The molecule has 32 heavy (non-hydrogen) atoms. The van der Waals surface area contributed by atoms with E-state index in [1.54, 1.807) is 18.2 Å². The fourth-order valence-corrected chi connectivity index (χ4v) is 4.28. The Morgan fingerprint density at radius 3 is 2.78 bits per heavy atom. The zero-order chi connectivity index (χ0) is 22.5. The van der Waals surface area contributed by atoms with Crippen molar-refractivity contribution in [2.45, 2.75) is 25.8 Å². The van der Waals surface area contributed by atoms with Gasteiger partial charge >= 0.3 is 0 Å². The molecule has 1 unspecified atom stereocenters. The summed E-state index contributed by atoms with van der Waals surface area (Å²) in [4.78, 5) is 20.3. The summed E-state index contributed by atoms with van der Waals surface area (Å²) >= 11 is 0. The summed E-state index contributed by atoms with van der Waals surface area (Å²) in [6, 6.07) is 11.7. The van der Waals surface area contributed by atoms with Gasteiger partial charge in [-0.05, 0) is 69.3 Å². The third kappa shape index (κ3) is 5.24. The zero-order valence-electron chi connectivity index (χ0n) is 18.7. The molecule has 0 fully saturated rings. The Labute approximate surface area is 188 Å². The molecular formula is C26H29FN4O. The third-order valence-electron chi connectivity index (χ3n) is 6.06. The predicted octanol–water partition coefficient (Wildman–Crippen LogP) is 3.04. The molecule has 3 aromatic rings. The molecule has 1 aliphatic rings. The van der Waals surface area contributed by atoms with Gasteiger partial charge in [0.1, 0.15) is 11.6 Å². The fraction of sp³-hybridized carbons (Fsp3) is 0.385. The van der Waals surface area contributed by atoms with Gasteiger partial charge in [0.25, 0.3) is 5.56 Å². The van der Waals surface area contributed by atoms with Crippen LogP contribution in [0.4, 0.5) is 4.39 Å². The average molecular weight is 433 g/mol. The number of halogens is 1. The van der Waals surface area contributed by atoms with Gasteiger partial charge in [-0.2, -0.15) is 0 Å². The smallest absolute Gasteiger partial charge is 0.261 e. The summed E-state index contributed by atoms with van der Waals surface area (Å²) in [6.07, 6.45) is 2.82. The first kappa shape index (κ1) is 22.2. The van der Waals surface area contributed by atoms with Gasteiger partial charge < -0.3 is 10.2 Å². The Morgan fingerprint density at radius 1 is 1.19 bits per heavy atom. The van der Waals surface area contributed by atoms with Crippen molar-refractivity contribution in [2.24, 2.45) is 5.92 Å². The van der Waals surface area contributed by atoms with Crippen molar-refractivity contribution < 1.29 is 4.39 Å². The van der Waals surface area contributed by atoms with Crippen molar-refractivity contribution in [1.29, 1.82) is 0 Å². The van der Waals surface area contributed by atoms with Crippen LogP contribution in [-0.2, 0) is 13.0 Å². The monoisotopic (exact) mass is 432 g/mol. The highest BCUT2D eigenvalue weighted by Crippen LogP contribution is 2.21. The van der Waals surface area contributed by atoms with Crippen LogP contribution in [0.1, 0.15) is 29.8 Å². The molecule has 0 amide bonds. The van der Waals surface area contributed by atoms with Crippen molar-refractivity contribution in [3.05, 3.63) is 75.6 Å². The first-order chi connectivity index (χ1) is 15.5. The number of aryl methyl sites for hydroxylation is 1. The summed E-state index contributed by atoms with van der Waals surface area (Å²) < 4.78 is 15.2. The van der Waals surface area contributed by atoms with Gasteiger partial charge in [-0.1, -0.05) is 17.9 Å². The molecular weight excluding hydrogens is 403 g/mol. The van der Waals surface area contributed by atoms with E-state index in [0.717, 1.165) is 50.3 Å². The van der Waals surface area contributed by atoms with Gasteiger partial charge in [0.2, 0.25) is 0 Å². The van der Waals surface area contributed by atoms with Crippen molar-refractivity contribution in [3.63, 3.8) is 0 Å². The number of fused-ring (bicyclic) bond motifs is 2. The Bertz CT molecular complexity index is 1220. The normalized spacial score (nSPS) is 15.8. The molecule has 2 aromatic carbocycles. The summed E-state index contributed by atoms with van der Waals surface area (Å²) in [5, 5.41) is 3.81. The standard InChI is InChI=1S/C26H29FN4O/c1-28-13-15-30(2)18-21-9-11-25-29-24-17-20(7-6-19-4-3-5-22(27)16-19)8-10-23(24)26(32)31(25)14-12-21/h3-5,8,10,16-17,21,28H,9,11-15,18H2,1-2H3. The van der Waals surface area contributed by atoms with Gasteiger partial charge in [-0.25, -0.2) is 9.37 Å². The molecule has 166 valence electrons. The maximum Gasteiger partial charge on any atom is 0.261 e. The highest BCUT2D eigenvalue weighted by atomic mass is 19.1. The van der Waals surface area contributed by atoms with Gasteiger partial charge in [-0.15, -0.1) is 0 Å². The summed E-state index contributed by atoms with van der Waals surface area (Å²) in [5.41, 5.74) is 2.08. The lowest BCUT2D eigenvalue weighted by atomic mass is 10.00. The molecule has 1 N–H and O–H groups in total. The van der Waals surface area contributed by atoms with Crippen LogP contribution in [-0.4, -0.2) is 48.2 Å². The number of nitrogens with zero attached hydrogens (tertiary/aromatic N) is 3. The van der Waals surface area contributed by atoms with Crippen LogP contribution in [0.2, 0.25) is 0 Å². The molecule has 0 bridgehead atoms. The average Bonchev–Trinajstić information content (AvgIpc) is 2.99. The molecule has 2 heterocycles. The van der Waals surface area contributed by atoms with E-state index in [0.29, 0.717) is 28.9 Å². The molecule has 1 atom stereocenters. The Balaban J connectivity index is 1.56. The quantitative estimate of drug-likeness (QED) is 0.630. The van der Waals surface area contributed by atoms with Gasteiger partial charge in [0.15, 0.2) is 0 Å². The largest absolute Gasteiger partial charge is 0.318 e. The number of hydrogen-bond donors (Lipinski definition) is 1. The molecule has 0 saturated carbocycles. The lowest BCUT2D eigenvalue weighted by Crippen LogP contribution is -2.32. The second-order valence-electron chi connectivity index (χ2n) is 8.54.